The summed E-state index contributed by atoms with van der Waals surface area (Å²) in [7, 11) is 0. The van der Waals surface area contributed by atoms with Crippen molar-refractivity contribution in [3.8, 4) is 0 Å². The lowest BCUT2D eigenvalue weighted by Gasteiger charge is -1.99. The minimum absolute atomic E-state index is 0.723. The lowest BCUT2D eigenvalue weighted by Crippen LogP contribution is -1.80. The summed E-state index contributed by atoms with van der Waals surface area (Å²) in [4.78, 5) is 4.22. The molecule has 15 heavy (non-hydrogen) atoms. The van der Waals surface area contributed by atoms with Crippen molar-refractivity contribution >= 4 is 22.1 Å². The molecule has 0 aliphatic carbocycles. The van der Waals surface area contributed by atoms with Gasteiger partial charge >= 0.3 is 0 Å². The van der Waals surface area contributed by atoms with Crippen LogP contribution in [0.3, 0.4) is 0 Å². The van der Waals surface area contributed by atoms with Crippen molar-refractivity contribution in [3.05, 3.63) is 41.6 Å². The molecule has 3 aromatic rings. The van der Waals surface area contributed by atoms with Crippen molar-refractivity contribution < 1.29 is 4.42 Å². The minimum atomic E-state index is 0.723. The molecule has 0 amide bonds. The van der Waals surface area contributed by atoms with E-state index in [9.17, 15) is 0 Å². The van der Waals surface area contributed by atoms with Gasteiger partial charge in [0.2, 0.25) is 5.71 Å². The molecule has 3 rings (SSSR count). The van der Waals surface area contributed by atoms with Crippen LogP contribution >= 0.6 is 0 Å². The molecular weight excluding hydrogens is 186 g/mol. The van der Waals surface area contributed by atoms with E-state index in [0.29, 0.717) is 0 Å². The summed E-state index contributed by atoms with van der Waals surface area (Å²) < 4.78 is 5.68. The predicted octanol–water partition coefficient (Wildman–Crippen LogP) is 3.60. The van der Waals surface area contributed by atoms with Crippen molar-refractivity contribution in [2.24, 2.45) is 0 Å². The first-order valence-corrected chi connectivity index (χ1v) is 5.01. The molecule has 0 saturated carbocycles. The number of furan rings is 1. The van der Waals surface area contributed by atoms with Gasteiger partial charge in [-0.2, -0.15) is 0 Å². The predicted molar refractivity (Wildman–Crippen MR) is 61.0 cm³/mol. The Bertz CT molecular complexity index is 652. The average Bonchev–Trinajstić information content (AvgIpc) is 2.62. The summed E-state index contributed by atoms with van der Waals surface area (Å²) in [6, 6.07) is 8.10. The molecule has 0 unspecified atom stereocenters. The molecule has 2 nitrogen and oxygen atoms in total. The fourth-order valence-corrected chi connectivity index (χ4v) is 1.98. The van der Waals surface area contributed by atoms with Gasteiger partial charge in [-0.15, -0.1) is 0 Å². The highest BCUT2D eigenvalue weighted by Crippen LogP contribution is 2.30. The van der Waals surface area contributed by atoms with Crippen LogP contribution in [0.4, 0.5) is 0 Å². The summed E-state index contributed by atoms with van der Waals surface area (Å²) in [5.41, 5.74) is 4.21. The zero-order valence-corrected chi connectivity index (χ0v) is 8.74. The quantitative estimate of drug-likeness (QED) is 0.550. The first-order chi connectivity index (χ1) is 7.27. The van der Waals surface area contributed by atoms with E-state index in [2.05, 4.69) is 31.0 Å². The van der Waals surface area contributed by atoms with Crippen LogP contribution in [0, 0.1) is 13.8 Å². The number of hydrogen-bond donors (Lipinski definition) is 0. The third-order valence-electron chi connectivity index (χ3n) is 2.94. The Morgan fingerprint density at radius 3 is 2.87 bits per heavy atom. The van der Waals surface area contributed by atoms with Gasteiger partial charge in [-0.3, -0.25) is 0 Å². The van der Waals surface area contributed by atoms with Crippen LogP contribution in [0.25, 0.3) is 22.1 Å². The first-order valence-electron chi connectivity index (χ1n) is 5.01. The number of pyridine rings is 1. The van der Waals surface area contributed by atoms with Gasteiger partial charge < -0.3 is 4.42 Å². The van der Waals surface area contributed by atoms with E-state index in [1.165, 1.54) is 16.5 Å². The molecule has 0 radical (unpaired) electrons. The fourth-order valence-electron chi connectivity index (χ4n) is 1.98. The Morgan fingerprint density at radius 1 is 1.13 bits per heavy atom. The van der Waals surface area contributed by atoms with Crippen LogP contribution in [0.5, 0.6) is 0 Å². The van der Waals surface area contributed by atoms with E-state index < -0.39 is 0 Å². The van der Waals surface area contributed by atoms with Crippen LogP contribution in [0.2, 0.25) is 0 Å². The maximum absolute atomic E-state index is 5.68. The lowest BCUT2D eigenvalue weighted by atomic mass is 10.0. The van der Waals surface area contributed by atoms with Crippen molar-refractivity contribution in [2.45, 2.75) is 13.8 Å². The van der Waals surface area contributed by atoms with Crippen molar-refractivity contribution in [1.29, 1.82) is 0 Å². The topological polar surface area (TPSA) is 26.0 Å². The van der Waals surface area contributed by atoms with Gasteiger partial charge in [-0.25, -0.2) is 4.98 Å². The van der Waals surface area contributed by atoms with E-state index in [0.717, 1.165) is 16.7 Å². The first kappa shape index (κ1) is 8.48. The van der Waals surface area contributed by atoms with E-state index in [-0.39, 0.29) is 0 Å². The van der Waals surface area contributed by atoms with Crippen LogP contribution in [0.15, 0.2) is 34.9 Å². The Hall–Kier alpha value is -1.83. The SMILES string of the molecule is Cc1ccc2oc3ncccc3c2c1C. The fraction of sp³-hybridized carbons (Fsp3) is 0.154. The van der Waals surface area contributed by atoms with Crippen molar-refractivity contribution in [2.75, 3.05) is 0 Å². The molecule has 0 N–H and O–H groups in total. The lowest BCUT2D eigenvalue weighted by molar-refractivity contribution is 0.654. The highest BCUT2D eigenvalue weighted by atomic mass is 16.3. The molecule has 2 heteroatoms. The zero-order chi connectivity index (χ0) is 10.4. The number of rotatable bonds is 0. The van der Waals surface area contributed by atoms with Crippen molar-refractivity contribution in [1.82, 2.24) is 4.98 Å². The number of aryl methyl sites for hydroxylation is 2. The molecule has 0 bridgehead atoms. The Morgan fingerprint density at radius 2 is 2.00 bits per heavy atom. The van der Waals surface area contributed by atoms with Gasteiger partial charge in [0.25, 0.3) is 0 Å². The molecule has 0 spiro atoms. The van der Waals surface area contributed by atoms with E-state index in [1.54, 1.807) is 6.20 Å². The van der Waals surface area contributed by atoms with Crippen LogP contribution in [-0.4, -0.2) is 4.98 Å². The van der Waals surface area contributed by atoms with Gasteiger partial charge in [-0.05, 0) is 43.2 Å². The second-order valence-electron chi connectivity index (χ2n) is 3.84. The Kier molecular flexibility index (Phi) is 1.60. The van der Waals surface area contributed by atoms with Gasteiger partial charge in [-0.1, -0.05) is 6.07 Å². The number of aromatic nitrogens is 1. The number of fused-ring (bicyclic) bond motifs is 3. The summed E-state index contributed by atoms with van der Waals surface area (Å²) in [5, 5.41) is 2.30. The maximum atomic E-state index is 5.68. The summed E-state index contributed by atoms with van der Waals surface area (Å²) in [6.07, 6.45) is 1.76. The third-order valence-corrected chi connectivity index (χ3v) is 2.94. The maximum Gasteiger partial charge on any atom is 0.227 e. The Balaban J connectivity index is 2.63. The Labute approximate surface area is 87.5 Å². The summed E-state index contributed by atoms with van der Waals surface area (Å²) in [6.45, 7) is 4.24. The molecule has 0 saturated heterocycles. The molecule has 0 aliphatic heterocycles. The largest absolute Gasteiger partial charge is 0.438 e. The monoisotopic (exact) mass is 197 g/mol. The second-order valence-corrected chi connectivity index (χ2v) is 3.84. The highest BCUT2D eigenvalue weighted by molar-refractivity contribution is 6.05. The molecule has 2 aromatic heterocycles. The molecule has 2 heterocycles. The van der Waals surface area contributed by atoms with E-state index in [4.69, 9.17) is 4.42 Å². The number of benzene rings is 1. The standard InChI is InChI=1S/C13H11NO/c1-8-5-6-11-12(9(8)2)10-4-3-7-14-13(10)15-11/h3-7H,1-2H3. The van der Waals surface area contributed by atoms with Crippen LogP contribution < -0.4 is 0 Å². The summed E-state index contributed by atoms with van der Waals surface area (Å²) in [5.74, 6) is 0. The van der Waals surface area contributed by atoms with E-state index in [1.807, 2.05) is 12.1 Å². The van der Waals surface area contributed by atoms with Gasteiger partial charge in [0.05, 0.1) is 0 Å². The minimum Gasteiger partial charge on any atom is -0.438 e. The van der Waals surface area contributed by atoms with Gasteiger partial charge in [0.1, 0.15) is 5.58 Å². The molecule has 1 aromatic carbocycles. The molecule has 0 aliphatic rings. The molecular formula is C13H11NO. The van der Waals surface area contributed by atoms with Gasteiger partial charge in [0.15, 0.2) is 0 Å². The molecule has 0 atom stereocenters. The highest BCUT2D eigenvalue weighted by Gasteiger charge is 2.10. The average molecular weight is 197 g/mol. The molecule has 0 fully saturated rings. The zero-order valence-electron chi connectivity index (χ0n) is 8.74. The normalized spacial score (nSPS) is 11.3. The smallest absolute Gasteiger partial charge is 0.227 e. The number of nitrogens with zero attached hydrogens (tertiary/aromatic N) is 1. The van der Waals surface area contributed by atoms with Crippen LogP contribution in [-0.2, 0) is 0 Å². The summed E-state index contributed by atoms with van der Waals surface area (Å²) >= 11 is 0. The molecule has 74 valence electrons. The van der Waals surface area contributed by atoms with Crippen molar-refractivity contribution in [3.63, 3.8) is 0 Å². The van der Waals surface area contributed by atoms with Crippen LogP contribution in [0.1, 0.15) is 11.1 Å². The third kappa shape index (κ3) is 1.08. The van der Waals surface area contributed by atoms with E-state index >= 15 is 0 Å². The second kappa shape index (κ2) is 2.83. The number of hydrogen-bond acceptors (Lipinski definition) is 2. The van der Waals surface area contributed by atoms with Gasteiger partial charge in [0, 0.05) is 17.0 Å².